The minimum absolute atomic E-state index is 0.00866. The molecule has 0 spiro atoms. The van der Waals surface area contributed by atoms with E-state index >= 15 is 9.59 Å². The molecule has 0 unspecified atom stereocenters. The molecule has 4 aromatic carbocycles. The largest absolute Gasteiger partial charge is 0.508 e. The second-order valence-corrected chi connectivity index (χ2v) is 26.9. The molecule has 0 aliphatic rings. The summed E-state index contributed by atoms with van der Waals surface area (Å²) in [4.78, 5) is 195. The number of carboxylic acid groups (broad SMARTS) is 1. The number of aliphatic hydroxyl groups excluding tert-OH is 1. The standard InChI is InChI=1S/C72H92N20O16S2/c1-37(2)60(71(108)89-50(62(99)81-32-58(74)95)23-38-11-4-3-5-12-38)92-68(105)54(27-42-31-77-36-82-42)87-66(103)53(26-41-30-80-48-16-9-7-14-45(41)48)85-64(101)51(24-39-18-20-43(94)21-19-39)84-70(107)57(35-110)91-63(100)49(17-10-22-78-72(75)76)83-65(102)52(25-40-29-79-47-15-8-6-13-44(40)47)86-67(104)55(28-59(96)97)88-69(106)56(33-93)90-61(98)46(73)34-109/h3-9,11-16,18-21,29-31,36-37,46,49-57,60,79-80,93-94,109-110H,10,17,22-28,32-35,73H2,1-2H3,(H2,74,95)(H,77,82)(H,81,99)(H,83,102)(H,84,107)(H,85,101)(H,86,104)(H,87,103)(H,88,106)(H,89,108)(H,90,98)(H,91,100)(H,92,105)(H,96,97)(H4,75,76,78)/t46-,49-,50-,51-,52-,53-,54-,55-,56-,57-,60-/m0/s1. The van der Waals surface area contributed by atoms with E-state index < -0.39 is 181 Å². The maximum Gasteiger partial charge on any atom is 0.305 e. The lowest BCUT2D eigenvalue weighted by Crippen LogP contribution is -2.62. The second kappa shape index (κ2) is 41.9. The fraction of sp³-hybridized carbons (Fsp3) is 0.375. The Balaban J connectivity index is 1.17. The number of imidazole rings is 1. The Hall–Kier alpha value is -12.0. The normalized spacial score (nSPS) is 14.2. The molecule has 7 rings (SSSR count). The summed E-state index contributed by atoms with van der Waals surface area (Å²) in [5.74, 6) is -15.1. The van der Waals surface area contributed by atoms with Gasteiger partial charge in [-0.2, -0.15) is 25.3 Å². The summed E-state index contributed by atoms with van der Waals surface area (Å²) in [6, 6.07) is 11.0. The fourth-order valence-corrected chi connectivity index (χ4v) is 12.0. The van der Waals surface area contributed by atoms with Crippen LogP contribution in [0.15, 0.2) is 128 Å². The van der Waals surface area contributed by atoms with Gasteiger partial charge in [0, 0.05) is 96.2 Å². The number of para-hydroxylation sites is 2. The predicted molar refractivity (Wildman–Crippen MR) is 409 cm³/mol. The van der Waals surface area contributed by atoms with Gasteiger partial charge in [0.15, 0.2) is 5.96 Å². The number of hydrogen-bond donors (Lipinski definition) is 24. The number of carbonyl (C=O) groups excluding carboxylic acids is 12. The molecule has 0 saturated heterocycles. The van der Waals surface area contributed by atoms with Gasteiger partial charge in [-0.3, -0.25) is 67.7 Å². The minimum Gasteiger partial charge on any atom is -0.508 e. The van der Waals surface area contributed by atoms with Crippen LogP contribution in [0.2, 0.25) is 0 Å². The van der Waals surface area contributed by atoms with E-state index in [2.05, 4.69) is 109 Å². The summed E-state index contributed by atoms with van der Waals surface area (Å²) in [6.45, 7) is 1.69. The van der Waals surface area contributed by atoms with Crippen LogP contribution in [0.5, 0.6) is 5.75 Å². The third-order valence-corrected chi connectivity index (χ3v) is 18.2. The van der Waals surface area contributed by atoms with Gasteiger partial charge in [0.25, 0.3) is 0 Å². The predicted octanol–water partition coefficient (Wildman–Crippen LogP) is -3.39. The van der Waals surface area contributed by atoms with Gasteiger partial charge in [0.1, 0.15) is 66.2 Å². The first-order valence-electron chi connectivity index (χ1n) is 34.9. The summed E-state index contributed by atoms with van der Waals surface area (Å²) in [7, 11) is 0. The number of carboxylic acids is 1. The van der Waals surface area contributed by atoms with Crippen molar-refractivity contribution in [3.63, 3.8) is 0 Å². The highest BCUT2D eigenvalue weighted by molar-refractivity contribution is 7.80. The monoisotopic (exact) mass is 1560 g/mol. The topological polar surface area (TPSA) is 589 Å². The molecule has 3 heterocycles. The molecule has 0 fully saturated rings. The van der Waals surface area contributed by atoms with Crippen molar-refractivity contribution in [2.24, 2.45) is 23.1 Å². The lowest BCUT2D eigenvalue weighted by atomic mass is 9.99. The molecule has 0 aliphatic heterocycles. The maximum absolute atomic E-state index is 15.3. The highest BCUT2D eigenvalue weighted by Crippen LogP contribution is 2.22. The summed E-state index contributed by atoms with van der Waals surface area (Å²) in [5, 5.41) is 69.9. The molecule has 0 aliphatic carbocycles. The Morgan fingerprint density at radius 2 is 0.936 bits per heavy atom. The number of aromatic nitrogens is 4. The Bertz CT molecular complexity index is 4370. The number of aromatic hydroxyl groups is 1. The molecule has 25 N–H and O–H groups in total. The molecule has 0 radical (unpaired) electrons. The van der Waals surface area contributed by atoms with Crippen molar-refractivity contribution in [1.29, 1.82) is 5.41 Å². The summed E-state index contributed by atoms with van der Waals surface area (Å²) in [5.41, 5.74) is 20.2. The van der Waals surface area contributed by atoms with Gasteiger partial charge in [-0.05, 0) is 65.3 Å². The lowest BCUT2D eigenvalue weighted by molar-refractivity contribution is -0.141. The van der Waals surface area contributed by atoms with Crippen LogP contribution >= 0.6 is 25.3 Å². The van der Waals surface area contributed by atoms with Gasteiger partial charge in [-0.1, -0.05) is 92.7 Å². The number of nitrogens with zero attached hydrogens (tertiary/aromatic N) is 1. The van der Waals surface area contributed by atoms with Gasteiger partial charge in [-0.15, -0.1) is 0 Å². The third-order valence-electron chi connectivity index (χ3n) is 17.5. The number of nitrogens with one attached hydrogen (secondary N) is 16. The van der Waals surface area contributed by atoms with Crippen molar-refractivity contribution in [1.82, 2.24) is 83.7 Å². The highest BCUT2D eigenvalue weighted by atomic mass is 32.1. The first-order valence-corrected chi connectivity index (χ1v) is 36.2. The van der Waals surface area contributed by atoms with E-state index in [9.17, 15) is 68.1 Å². The zero-order valence-corrected chi connectivity index (χ0v) is 61.8. The zero-order chi connectivity index (χ0) is 80.1. The van der Waals surface area contributed by atoms with E-state index in [1.165, 1.54) is 36.8 Å². The van der Waals surface area contributed by atoms with Crippen LogP contribution in [0.25, 0.3) is 21.8 Å². The van der Waals surface area contributed by atoms with Gasteiger partial charge < -0.3 is 111 Å². The molecule has 7 aromatic rings. The molecule has 0 saturated carbocycles. The van der Waals surface area contributed by atoms with E-state index in [1.807, 2.05) is 0 Å². The van der Waals surface area contributed by atoms with Crippen LogP contribution in [0, 0.1) is 11.3 Å². The van der Waals surface area contributed by atoms with Crippen molar-refractivity contribution in [3.8, 4) is 5.75 Å². The van der Waals surface area contributed by atoms with Crippen LogP contribution < -0.4 is 81.0 Å². The average molecular weight is 1560 g/mol. The lowest BCUT2D eigenvalue weighted by Gasteiger charge is -2.29. The van der Waals surface area contributed by atoms with E-state index in [0.29, 0.717) is 49.8 Å². The second-order valence-electron chi connectivity index (χ2n) is 26.2. The van der Waals surface area contributed by atoms with Crippen LogP contribution in [-0.2, 0) is 94.4 Å². The number of fused-ring (bicyclic) bond motifs is 2. The molecule has 588 valence electrons. The maximum atomic E-state index is 15.3. The van der Waals surface area contributed by atoms with Crippen LogP contribution in [0.4, 0.5) is 0 Å². The smallest absolute Gasteiger partial charge is 0.305 e. The SMILES string of the molecule is CC(C)[C@H](NC(=O)[C@H](Cc1cnc[nH]1)NC(=O)[C@H](Cc1c[nH]c2ccccc12)NC(=O)[C@H](Cc1ccc(O)cc1)NC(=O)[C@H](CS)NC(=O)[C@H](CCCNC(=N)N)NC(=O)[C@H](Cc1c[nH]c2ccccc12)NC(=O)[C@H](CC(=O)O)NC(=O)[C@H](CO)NC(=O)[C@@H](N)CS)C(=O)N[C@@H](Cc1ccccc1)C(=O)NCC(N)=O. The van der Waals surface area contributed by atoms with Crippen molar-refractivity contribution in [2.75, 3.05) is 31.2 Å². The molecule has 110 heavy (non-hydrogen) atoms. The summed E-state index contributed by atoms with van der Waals surface area (Å²) in [6.07, 6.45) is 3.35. The van der Waals surface area contributed by atoms with E-state index in [4.69, 9.17) is 22.6 Å². The molecular weight excluding hydrogens is 1470 g/mol. The number of guanidine groups is 1. The first-order chi connectivity index (χ1) is 52.5. The number of aliphatic carboxylic acids is 1. The van der Waals surface area contributed by atoms with Crippen molar-refractivity contribution in [3.05, 3.63) is 156 Å². The van der Waals surface area contributed by atoms with Crippen LogP contribution in [0.1, 0.15) is 61.1 Å². The zero-order valence-electron chi connectivity index (χ0n) is 60.0. The number of phenolic OH excluding ortho intramolecular Hbond substituents is 1. The van der Waals surface area contributed by atoms with E-state index in [1.54, 1.807) is 105 Å². The average Bonchev–Trinajstić information content (AvgIpc) is 1.65. The Morgan fingerprint density at radius 3 is 1.45 bits per heavy atom. The van der Waals surface area contributed by atoms with Gasteiger partial charge >= 0.3 is 5.97 Å². The number of aromatic amines is 3. The highest BCUT2D eigenvalue weighted by Gasteiger charge is 2.38. The number of benzene rings is 4. The number of primary amides is 1. The van der Waals surface area contributed by atoms with E-state index in [0.717, 1.165) is 0 Å². The first kappa shape index (κ1) is 85.2. The Labute approximate surface area is 641 Å². The number of rotatable bonds is 43. The van der Waals surface area contributed by atoms with Crippen molar-refractivity contribution >= 4 is 130 Å². The molecule has 12 amide bonds. The molecule has 11 atom stereocenters. The quantitative estimate of drug-likeness (QED) is 0.00767. The number of aliphatic hydroxyl groups is 1. The van der Waals surface area contributed by atoms with Crippen molar-refractivity contribution in [2.45, 2.75) is 132 Å². The molecule has 0 bridgehead atoms. The number of phenols is 1. The Morgan fingerprint density at radius 1 is 0.491 bits per heavy atom. The number of amides is 12. The number of carbonyl (C=O) groups is 13. The van der Waals surface area contributed by atoms with Gasteiger partial charge in [0.2, 0.25) is 70.9 Å². The summed E-state index contributed by atoms with van der Waals surface area (Å²) >= 11 is 8.37. The summed E-state index contributed by atoms with van der Waals surface area (Å²) < 4.78 is 0. The number of H-pyrrole nitrogens is 3. The molecule has 38 heteroatoms. The van der Waals surface area contributed by atoms with Gasteiger partial charge in [-0.25, -0.2) is 4.98 Å². The molecule has 3 aromatic heterocycles. The van der Waals surface area contributed by atoms with Crippen LogP contribution in [0.3, 0.4) is 0 Å². The molecule has 36 nitrogen and oxygen atoms in total. The van der Waals surface area contributed by atoms with Crippen molar-refractivity contribution < 1.29 is 77.6 Å². The third kappa shape index (κ3) is 25.9. The number of thiol groups is 2. The van der Waals surface area contributed by atoms with E-state index in [-0.39, 0.29) is 63.0 Å². The van der Waals surface area contributed by atoms with Gasteiger partial charge in [0.05, 0.1) is 31.9 Å². The molecular formula is C72H92N20O16S2. The minimum atomic E-state index is -1.96. The van der Waals surface area contributed by atoms with Crippen LogP contribution in [-0.4, -0.2) is 216 Å². The fourth-order valence-electron chi connectivity index (χ4n) is 11.6. The number of nitrogens with two attached hydrogens (primary N) is 3. The number of hydrogen-bond acceptors (Lipinski definition) is 20. The Kier molecular flexibility index (Phi) is 32.5.